The van der Waals surface area contributed by atoms with Gasteiger partial charge in [-0.25, -0.2) is 9.13 Å². The molecule has 96 heavy (non-hydrogen) atoms. The molecule has 0 saturated heterocycles. The molecule has 0 aromatic carbocycles. The molecule has 3 unspecified atom stereocenters. The Kier molecular flexibility index (Phi) is 65.0. The molecule has 0 amide bonds. The summed E-state index contributed by atoms with van der Waals surface area (Å²) in [7, 11) is -9.91. The van der Waals surface area contributed by atoms with Crippen molar-refractivity contribution in [1.29, 1.82) is 0 Å². The van der Waals surface area contributed by atoms with Crippen LogP contribution < -0.4 is 0 Å². The fourth-order valence-electron chi connectivity index (χ4n) is 11.7. The first-order valence-corrected chi connectivity index (χ1v) is 42.7. The molecule has 0 aromatic heterocycles. The van der Waals surface area contributed by atoms with Crippen molar-refractivity contribution in [3.05, 3.63) is 0 Å². The Balaban J connectivity index is 5.21. The number of aliphatic hydroxyl groups is 1. The molecule has 0 radical (unpaired) electrons. The first kappa shape index (κ1) is 94.1. The summed E-state index contributed by atoms with van der Waals surface area (Å²) < 4.78 is 68.5. The van der Waals surface area contributed by atoms with Crippen molar-refractivity contribution < 1.29 is 80.2 Å². The van der Waals surface area contributed by atoms with Gasteiger partial charge in [0.1, 0.15) is 19.3 Å². The lowest BCUT2D eigenvalue weighted by Crippen LogP contribution is -2.30. The first-order valence-electron chi connectivity index (χ1n) is 39.7. The van der Waals surface area contributed by atoms with Gasteiger partial charge in [-0.3, -0.25) is 37.3 Å². The predicted molar refractivity (Wildman–Crippen MR) is 391 cm³/mol. The summed E-state index contributed by atoms with van der Waals surface area (Å²) in [5, 5.41) is 10.6. The van der Waals surface area contributed by atoms with Gasteiger partial charge in [0.25, 0.3) is 0 Å². The maximum atomic E-state index is 13.1. The lowest BCUT2D eigenvalue weighted by molar-refractivity contribution is -0.161. The third-order valence-electron chi connectivity index (χ3n) is 17.8. The highest BCUT2D eigenvalue weighted by atomic mass is 31.2. The van der Waals surface area contributed by atoms with E-state index in [0.717, 1.165) is 114 Å². The summed E-state index contributed by atoms with van der Waals surface area (Å²) in [6.07, 6.45) is 51.5. The minimum atomic E-state index is -4.96. The normalized spacial score (nSPS) is 14.1. The molecule has 5 atom stereocenters. The summed E-state index contributed by atoms with van der Waals surface area (Å²) in [4.78, 5) is 72.8. The third kappa shape index (κ3) is 70.5. The van der Waals surface area contributed by atoms with Crippen molar-refractivity contribution in [2.24, 2.45) is 23.7 Å². The molecule has 0 aliphatic carbocycles. The molecule has 570 valence electrons. The minimum Gasteiger partial charge on any atom is -0.462 e. The second kappa shape index (κ2) is 66.3. The highest BCUT2D eigenvalue weighted by Gasteiger charge is 2.30. The van der Waals surface area contributed by atoms with Gasteiger partial charge in [-0.15, -0.1) is 0 Å². The van der Waals surface area contributed by atoms with E-state index in [-0.39, 0.29) is 25.7 Å². The van der Waals surface area contributed by atoms with Gasteiger partial charge in [-0.1, -0.05) is 338 Å². The van der Waals surface area contributed by atoms with Crippen LogP contribution in [0.5, 0.6) is 0 Å². The van der Waals surface area contributed by atoms with E-state index in [1.54, 1.807) is 0 Å². The Morgan fingerprint density at radius 2 is 0.438 bits per heavy atom. The molecule has 0 fully saturated rings. The Morgan fingerprint density at radius 1 is 0.260 bits per heavy atom. The lowest BCUT2D eigenvalue weighted by atomic mass is 10.0. The number of hydrogen-bond acceptors (Lipinski definition) is 15. The van der Waals surface area contributed by atoms with Crippen molar-refractivity contribution in [2.75, 3.05) is 39.6 Å². The molecule has 0 aliphatic heterocycles. The molecule has 0 aliphatic rings. The van der Waals surface area contributed by atoms with Crippen molar-refractivity contribution in [3.63, 3.8) is 0 Å². The molecule has 0 saturated carbocycles. The zero-order valence-corrected chi connectivity index (χ0v) is 64.8. The molecule has 0 heterocycles. The van der Waals surface area contributed by atoms with E-state index in [1.165, 1.54) is 186 Å². The Morgan fingerprint density at radius 3 is 0.646 bits per heavy atom. The van der Waals surface area contributed by atoms with Crippen LogP contribution in [0.15, 0.2) is 0 Å². The number of carbonyl (C=O) groups is 4. The van der Waals surface area contributed by atoms with E-state index >= 15 is 0 Å². The van der Waals surface area contributed by atoms with Crippen LogP contribution in [-0.2, 0) is 65.4 Å². The quantitative estimate of drug-likeness (QED) is 0.0222. The van der Waals surface area contributed by atoms with Gasteiger partial charge in [-0.2, -0.15) is 0 Å². The van der Waals surface area contributed by atoms with E-state index in [0.29, 0.717) is 31.6 Å². The van der Waals surface area contributed by atoms with Crippen LogP contribution in [0, 0.1) is 23.7 Å². The van der Waals surface area contributed by atoms with Crippen LogP contribution in [0.25, 0.3) is 0 Å². The van der Waals surface area contributed by atoms with E-state index in [9.17, 15) is 43.2 Å². The molecule has 3 N–H and O–H groups in total. The average molecular weight is 1410 g/mol. The van der Waals surface area contributed by atoms with Gasteiger partial charge < -0.3 is 33.8 Å². The second-order valence-corrected chi connectivity index (χ2v) is 32.6. The number of aliphatic hydroxyl groups excluding tert-OH is 1. The van der Waals surface area contributed by atoms with Gasteiger partial charge in [0.2, 0.25) is 0 Å². The van der Waals surface area contributed by atoms with Crippen LogP contribution in [0.2, 0.25) is 0 Å². The lowest BCUT2D eigenvalue weighted by Gasteiger charge is -2.21. The molecule has 0 rings (SSSR count). The first-order chi connectivity index (χ1) is 46.1. The fraction of sp³-hybridized carbons (Fsp3) is 0.948. The zero-order chi connectivity index (χ0) is 71.0. The molecule has 0 aromatic rings. The Hall–Kier alpha value is -1.94. The molecular weight excluding hydrogens is 1260 g/mol. The Bertz CT molecular complexity index is 1880. The Labute approximate surface area is 588 Å². The van der Waals surface area contributed by atoms with Gasteiger partial charge in [-0.05, 0) is 49.4 Å². The number of carbonyl (C=O) groups excluding carboxylic acids is 4. The summed E-state index contributed by atoms with van der Waals surface area (Å²) in [5.41, 5.74) is 0. The minimum absolute atomic E-state index is 0.106. The predicted octanol–water partition coefficient (Wildman–Crippen LogP) is 22.4. The van der Waals surface area contributed by atoms with Gasteiger partial charge >= 0.3 is 39.5 Å². The molecule has 0 spiro atoms. The molecular formula is C77H150O17P2. The highest BCUT2D eigenvalue weighted by Crippen LogP contribution is 2.45. The van der Waals surface area contributed by atoms with Gasteiger partial charge in [0.15, 0.2) is 12.2 Å². The number of phosphoric acid groups is 2. The fourth-order valence-corrected chi connectivity index (χ4v) is 13.3. The van der Waals surface area contributed by atoms with E-state index in [2.05, 4.69) is 55.4 Å². The smallest absolute Gasteiger partial charge is 0.462 e. The average Bonchev–Trinajstić information content (AvgIpc) is 2.13. The molecule has 0 bridgehead atoms. The summed E-state index contributed by atoms with van der Waals surface area (Å²) in [6, 6.07) is 0. The van der Waals surface area contributed by atoms with Crippen molar-refractivity contribution in [1.82, 2.24) is 0 Å². The standard InChI is InChI=1S/C77H150O17P2/c1-67(2)53-45-37-29-23-17-13-11-9-10-12-14-19-27-33-43-51-59-77(82)94-73(64-88-75(80)58-50-42-36-35-40-48-56-70(7)8)66-92-96(85,86)90-62-71(78)61-89-95(83,84)91-65-72(63-87-74(79)57-49-41-32-26-22-21-25-31-39-47-55-69(5)6)93-76(81)60-52-44-34-28-20-16-15-18-24-30-38-46-54-68(3)4/h67-73,78H,9-66H2,1-8H3,(H,83,84)(H,85,86)/t71?,72-,73-/m1/s1. The summed E-state index contributed by atoms with van der Waals surface area (Å²) in [6.45, 7) is 14.2. The maximum absolute atomic E-state index is 13.1. The number of esters is 4. The third-order valence-corrected chi connectivity index (χ3v) is 19.7. The van der Waals surface area contributed by atoms with Crippen molar-refractivity contribution >= 4 is 39.5 Å². The SMILES string of the molecule is CC(C)CCCCCCCCCCCCCCCCCCC(=O)O[C@H](COC(=O)CCCCCCCCC(C)C)COP(=O)(O)OCC(O)COP(=O)(O)OC[C@@H](COC(=O)CCCCCCCCCCCCC(C)C)OC(=O)CCCCCCCCCCCCCCC(C)C. The number of unbranched alkanes of at least 4 members (excludes halogenated alkanes) is 40. The van der Waals surface area contributed by atoms with Crippen molar-refractivity contribution in [2.45, 2.75) is 408 Å². The van der Waals surface area contributed by atoms with Crippen LogP contribution in [0.3, 0.4) is 0 Å². The van der Waals surface area contributed by atoms with Crippen LogP contribution in [-0.4, -0.2) is 96.7 Å². The highest BCUT2D eigenvalue weighted by molar-refractivity contribution is 7.47. The van der Waals surface area contributed by atoms with Crippen LogP contribution >= 0.6 is 15.6 Å². The van der Waals surface area contributed by atoms with Gasteiger partial charge in [0.05, 0.1) is 26.4 Å². The van der Waals surface area contributed by atoms with E-state index in [4.69, 9.17) is 37.0 Å². The van der Waals surface area contributed by atoms with Crippen LogP contribution in [0.4, 0.5) is 0 Å². The molecule has 19 heteroatoms. The number of rotatable bonds is 74. The van der Waals surface area contributed by atoms with E-state index in [1.807, 2.05) is 0 Å². The number of ether oxygens (including phenoxy) is 4. The summed E-state index contributed by atoms with van der Waals surface area (Å²) >= 11 is 0. The molecule has 17 nitrogen and oxygen atoms in total. The van der Waals surface area contributed by atoms with Gasteiger partial charge in [0, 0.05) is 25.7 Å². The maximum Gasteiger partial charge on any atom is 0.472 e. The van der Waals surface area contributed by atoms with E-state index < -0.39 is 97.5 Å². The zero-order valence-electron chi connectivity index (χ0n) is 63.0. The second-order valence-electron chi connectivity index (χ2n) is 29.7. The van der Waals surface area contributed by atoms with Crippen molar-refractivity contribution in [3.8, 4) is 0 Å². The topological polar surface area (TPSA) is 237 Å². The summed E-state index contributed by atoms with van der Waals surface area (Å²) in [5.74, 6) is 0.903. The van der Waals surface area contributed by atoms with Crippen LogP contribution in [0.1, 0.15) is 389 Å². The number of phosphoric ester groups is 2. The largest absolute Gasteiger partial charge is 0.472 e. The monoisotopic (exact) mass is 1410 g/mol. The number of hydrogen-bond donors (Lipinski definition) is 3.